The van der Waals surface area contributed by atoms with Gasteiger partial charge in [-0.2, -0.15) is 0 Å². The van der Waals surface area contributed by atoms with Crippen molar-refractivity contribution in [3.8, 4) is 17.6 Å². The summed E-state index contributed by atoms with van der Waals surface area (Å²) >= 11 is 0. The van der Waals surface area contributed by atoms with Gasteiger partial charge in [0.15, 0.2) is 0 Å². The number of hydrogen-bond acceptors (Lipinski definition) is 14. The molecule has 1 spiro atoms. The molecule has 4 aromatic carbocycles. The lowest BCUT2D eigenvalue weighted by Crippen LogP contribution is -2.60. The summed E-state index contributed by atoms with van der Waals surface area (Å²) in [6.45, 7) is 3.95. The van der Waals surface area contributed by atoms with Gasteiger partial charge in [-0.15, -0.1) is 0 Å². The molecule has 1 saturated carbocycles. The van der Waals surface area contributed by atoms with E-state index in [1.165, 1.54) is 7.11 Å². The first-order valence-corrected chi connectivity index (χ1v) is 26.2. The van der Waals surface area contributed by atoms with E-state index in [0.29, 0.717) is 54.1 Å². The van der Waals surface area contributed by atoms with Crippen molar-refractivity contribution < 1.29 is 48.4 Å². The van der Waals surface area contributed by atoms with Crippen LogP contribution >= 0.6 is 0 Å². The molecular weight excluding hydrogens is 967 g/mol. The summed E-state index contributed by atoms with van der Waals surface area (Å²) in [7, 11) is 1.22. The lowest BCUT2D eigenvalue weighted by molar-refractivity contribution is -0.179. The number of methoxy groups -OCH3 is 1. The number of rotatable bonds is 11. The number of anilines is 2. The zero-order valence-corrected chi connectivity index (χ0v) is 42.9. The van der Waals surface area contributed by atoms with Crippen LogP contribution in [0, 0.1) is 23.7 Å². The molecule has 17 nitrogen and oxygen atoms in total. The minimum absolute atomic E-state index is 0.0975. The number of esters is 2. The maximum atomic E-state index is 17.0. The van der Waals surface area contributed by atoms with Gasteiger partial charge in [-0.25, -0.2) is 24.5 Å². The van der Waals surface area contributed by atoms with E-state index in [4.69, 9.17) is 14.2 Å². The van der Waals surface area contributed by atoms with E-state index in [2.05, 4.69) is 27.1 Å². The Morgan fingerprint density at radius 1 is 0.829 bits per heavy atom. The first kappa shape index (κ1) is 51.8. The van der Waals surface area contributed by atoms with Crippen LogP contribution in [-0.2, 0) is 34.1 Å². The van der Waals surface area contributed by atoms with Crippen LogP contribution in [-0.4, -0.2) is 124 Å². The number of urea groups is 1. The average Bonchev–Trinajstić information content (AvgIpc) is 3.86. The first-order valence-electron chi connectivity index (χ1n) is 26.2. The van der Waals surface area contributed by atoms with Crippen molar-refractivity contribution >= 4 is 41.4 Å². The number of morpholine rings is 1. The lowest BCUT2D eigenvalue weighted by atomic mass is 9.64. The molecule has 0 radical (unpaired) electrons. The molecule has 76 heavy (non-hydrogen) atoms. The van der Waals surface area contributed by atoms with Crippen molar-refractivity contribution in [3.05, 3.63) is 149 Å². The van der Waals surface area contributed by atoms with Gasteiger partial charge in [-0.05, 0) is 78.6 Å². The summed E-state index contributed by atoms with van der Waals surface area (Å²) < 4.78 is 18.2. The molecule has 5 heterocycles. The Hall–Kier alpha value is -7.65. The number of benzene rings is 4. The van der Waals surface area contributed by atoms with E-state index >= 15 is 19.2 Å². The van der Waals surface area contributed by atoms with Gasteiger partial charge in [0.2, 0.25) is 17.8 Å². The predicted molar refractivity (Wildman–Crippen MR) is 280 cm³/mol. The SMILES string of the molecule is COC(=O)[C@@H](NC(=O)N1C(=O)[C@@]2(c3cc(C#CC4(O)CCCCCC4)ccc31)[C@H](C(=O)N1CCN(c3ncccn3)CC1)[C@H]1C(=O)O[C@H](c3ccccc3)[C@H](c3ccccc3)N1[C@@H]2c1ccccc1OCCO)C(C)C. The summed E-state index contributed by atoms with van der Waals surface area (Å²) in [6.07, 6.45) is 6.82. The van der Waals surface area contributed by atoms with Crippen molar-refractivity contribution in [3.63, 3.8) is 0 Å². The van der Waals surface area contributed by atoms with Crippen LogP contribution < -0.4 is 19.9 Å². The molecular formula is C59H63N7O10. The molecule has 4 aliphatic heterocycles. The van der Waals surface area contributed by atoms with Crippen molar-refractivity contribution in [1.82, 2.24) is 25.1 Å². The van der Waals surface area contributed by atoms with E-state index < -0.39 is 82.9 Å². The number of carbonyl (C=O) groups is 5. The molecule has 5 aromatic rings. The van der Waals surface area contributed by atoms with Gasteiger partial charge < -0.3 is 39.5 Å². The predicted octanol–water partition coefficient (Wildman–Crippen LogP) is 6.21. The van der Waals surface area contributed by atoms with E-state index in [1.54, 1.807) is 79.7 Å². The summed E-state index contributed by atoms with van der Waals surface area (Å²) in [5, 5.41) is 24.9. The highest BCUT2D eigenvalue weighted by atomic mass is 16.6. The summed E-state index contributed by atoms with van der Waals surface area (Å²) in [4.78, 5) is 93.5. The van der Waals surface area contributed by atoms with E-state index in [0.717, 1.165) is 30.6 Å². The highest BCUT2D eigenvalue weighted by Crippen LogP contribution is 2.67. The fourth-order valence-electron chi connectivity index (χ4n) is 12.2. The van der Waals surface area contributed by atoms with Gasteiger partial charge >= 0.3 is 18.0 Å². The minimum Gasteiger partial charge on any atom is -0.491 e. The number of cyclic esters (lactones) is 1. The van der Waals surface area contributed by atoms with Gasteiger partial charge in [0.05, 0.1) is 37.4 Å². The van der Waals surface area contributed by atoms with Crippen LogP contribution in [0.4, 0.5) is 16.4 Å². The number of aromatic nitrogens is 2. The maximum absolute atomic E-state index is 17.0. The van der Waals surface area contributed by atoms with Crippen LogP contribution in [0.25, 0.3) is 0 Å². The van der Waals surface area contributed by atoms with Gasteiger partial charge in [0.25, 0.3) is 0 Å². The van der Waals surface area contributed by atoms with Crippen LogP contribution in [0.2, 0.25) is 0 Å². The molecule has 4 fully saturated rings. The number of fused-ring (bicyclic) bond motifs is 3. The van der Waals surface area contributed by atoms with E-state index in [1.807, 2.05) is 70.5 Å². The zero-order valence-electron chi connectivity index (χ0n) is 42.9. The maximum Gasteiger partial charge on any atom is 0.329 e. The Morgan fingerprint density at radius 3 is 2.14 bits per heavy atom. The molecule has 1 aliphatic carbocycles. The number of nitrogens with one attached hydrogen (secondary N) is 1. The molecule has 3 N–H and O–H groups in total. The van der Waals surface area contributed by atoms with Gasteiger partial charge in [-0.3, -0.25) is 19.3 Å². The van der Waals surface area contributed by atoms with Crippen molar-refractivity contribution in [2.24, 2.45) is 11.8 Å². The average molecular weight is 1030 g/mol. The number of para-hydroxylation sites is 1. The Bertz CT molecular complexity index is 3010. The third kappa shape index (κ3) is 9.43. The molecule has 0 unspecified atom stereocenters. The number of nitrogens with zero attached hydrogens (tertiary/aromatic N) is 6. The second-order valence-corrected chi connectivity index (χ2v) is 20.5. The summed E-state index contributed by atoms with van der Waals surface area (Å²) in [5.41, 5.74) is -0.995. The van der Waals surface area contributed by atoms with Crippen LogP contribution in [0.3, 0.4) is 0 Å². The molecule has 4 amide bonds. The largest absolute Gasteiger partial charge is 0.491 e. The number of imide groups is 1. The quantitative estimate of drug-likeness (QED) is 0.0766. The summed E-state index contributed by atoms with van der Waals surface area (Å²) in [6, 6.07) is 26.7. The first-order chi connectivity index (χ1) is 36.9. The molecule has 5 aliphatic rings. The Balaban J connectivity index is 1.26. The molecule has 0 bridgehead atoms. The molecule has 394 valence electrons. The zero-order chi connectivity index (χ0) is 53.1. The Labute approximate surface area is 442 Å². The lowest BCUT2D eigenvalue weighted by Gasteiger charge is -2.46. The fraction of sp³-hybridized carbons (Fsp3) is 0.407. The van der Waals surface area contributed by atoms with Crippen LogP contribution in [0.15, 0.2) is 122 Å². The third-order valence-electron chi connectivity index (χ3n) is 15.7. The van der Waals surface area contributed by atoms with Gasteiger partial charge in [-0.1, -0.05) is 117 Å². The van der Waals surface area contributed by atoms with E-state index in [-0.39, 0.29) is 43.3 Å². The number of carbonyl (C=O) groups excluding carboxylic acids is 5. The standard InChI is InChI=1S/C59H63N7O10/c1-38(2)47(53(69)74-3)62-57(72)65-44-24-23-39(25-28-58(73)26-14-4-5-15-27-58)37-43(44)59(55(65)71)46(52(68)63-31-33-64(34-32-63)56-60-29-16-30-61-56)49-54(70)76-50(41-19-10-7-11-20-41)48(40-17-8-6-9-18-40)66(49)51(59)42-21-12-13-22-45(42)75-36-35-67/h6-13,16-24,29-30,37-38,46-51,67,73H,4-5,14-15,26-27,31-36H2,1-3H3,(H,62,72)/t46-,47-,48-,49-,50+,51+,59-/m0/s1. The van der Waals surface area contributed by atoms with Crippen LogP contribution in [0.1, 0.15) is 98.4 Å². The molecule has 17 heteroatoms. The normalized spacial score (nSPS) is 24.4. The molecule has 1 aromatic heterocycles. The number of ether oxygens (including phenoxy) is 3. The minimum atomic E-state index is -2.18. The van der Waals surface area contributed by atoms with E-state index in [9.17, 15) is 15.0 Å². The van der Waals surface area contributed by atoms with Crippen molar-refractivity contribution in [2.45, 2.75) is 93.7 Å². The number of aliphatic hydroxyl groups is 2. The van der Waals surface area contributed by atoms with Gasteiger partial charge in [0.1, 0.15) is 41.6 Å². The second kappa shape index (κ2) is 21.9. The molecule has 10 rings (SSSR count). The van der Waals surface area contributed by atoms with Crippen molar-refractivity contribution in [2.75, 3.05) is 56.3 Å². The Kier molecular flexibility index (Phi) is 14.9. The highest BCUT2D eigenvalue weighted by Gasteiger charge is 2.76. The molecule has 3 saturated heterocycles. The smallest absolute Gasteiger partial charge is 0.329 e. The fourth-order valence-corrected chi connectivity index (χ4v) is 12.2. The van der Waals surface area contributed by atoms with Crippen LogP contribution in [0.5, 0.6) is 5.75 Å². The third-order valence-corrected chi connectivity index (χ3v) is 15.7. The highest BCUT2D eigenvalue weighted by molar-refractivity contribution is 6.25. The van der Waals surface area contributed by atoms with Crippen molar-refractivity contribution in [1.29, 1.82) is 0 Å². The number of amides is 4. The monoisotopic (exact) mass is 1030 g/mol. The summed E-state index contributed by atoms with van der Waals surface area (Å²) in [5.74, 6) is 2.21. The number of hydrogen-bond donors (Lipinski definition) is 3. The topological polar surface area (TPSA) is 204 Å². The van der Waals surface area contributed by atoms with Gasteiger partial charge in [0, 0.05) is 49.7 Å². The molecule has 7 atom stereocenters. The number of aliphatic hydroxyl groups excluding tert-OH is 1. The Morgan fingerprint density at radius 2 is 1.49 bits per heavy atom. The second-order valence-electron chi connectivity index (χ2n) is 20.5. The number of piperazine rings is 1.